The molecular weight excluding hydrogens is 260 g/mol. The molecule has 106 valence electrons. The highest BCUT2D eigenvalue weighted by molar-refractivity contribution is 5.59. The summed E-state index contributed by atoms with van der Waals surface area (Å²) in [6, 6.07) is 0. The van der Waals surface area contributed by atoms with Crippen LogP contribution in [0.4, 0.5) is 11.5 Å². The first-order valence-corrected chi connectivity index (χ1v) is 5.45. The molecule has 1 aliphatic rings. The fourth-order valence-electron chi connectivity index (χ4n) is 1.81. The van der Waals surface area contributed by atoms with E-state index < -0.39 is 42.4 Å². The lowest BCUT2D eigenvalue weighted by Gasteiger charge is -2.17. The SMILES string of the molecule is Nc1[nH]c(=O)[nH]c(=O)c1NC1OC(CO)C(O)C1O. The van der Waals surface area contributed by atoms with Crippen molar-refractivity contribution < 1.29 is 20.1 Å². The molecule has 10 nitrogen and oxygen atoms in total. The van der Waals surface area contributed by atoms with Crippen molar-refractivity contribution in [3.63, 3.8) is 0 Å². The lowest BCUT2D eigenvalue weighted by Crippen LogP contribution is -2.38. The van der Waals surface area contributed by atoms with E-state index in [1.807, 2.05) is 4.98 Å². The number of ether oxygens (including phenoxy) is 1. The van der Waals surface area contributed by atoms with Crippen molar-refractivity contribution in [3.8, 4) is 0 Å². The summed E-state index contributed by atoms with van der Waals surface area (Å²) in [5.41, 5.74) is 3.70. The predicted octanol–water partition coefficient (Wildman–Crippen LogP) is -3.50. The van der Waals surface area contributed by atoms with Crippen LogP contribution in [0.5, 0.6) is 0 Å². The summed E-state index contributed by atoms with van der Waals surface area (Å²) in [6.45, 7) is -0.492. The quantitative estimate of drug-likeness (QED) is 0.297. The van der Waals surface area contributed by atoms with Crippen molar-refractivity contribution in [1.29, 1.82) is 0 Å². The van der Waals surface area contributed by atoms with Crippen LogP contribution in [0.1, 0.15) is 0 Å². The number of aromatic nitrogens is 2. The second kappa shape index (κ2) is 5.01. The smallest absolute Gasteiger partial charge is 0.327 e. The van der Waals surface area contributed by atoms with Crippen molar-refractivity contribution in [3.05, 3.63) is 20.8 Å². The van der Waals surface area contributed by atoms with Crippen LogP contribution in [-0.2, 0) is 4.74 Å². The van der Waals surface area contributed by atoms with Gasteiger partial charge in [-0.05, 0) is 0 Å². The predicted molar refractivity (Wildman–Crippen MR) is 63.5 cm³/mol. The minimum atomic E-state index is -1.36. The Labute approximate surface area is 105 Å². The van der Waals surface area contributed by atoms with Crippen molar-refractivity contribution in [2.75, 3.05) is 17.7 Å². The highest BCUT2D eigenvalue weighted by atomic mass is 16.6. The number of nitrogen functional groups attached to an aromatic ring is 1. The Morgan fingerprint density at radius 2 is 1.95 bits per heavy atom. The molecule has 1 aromatic heterocycles. The number of aliphatic hydroxyl groups is 3. The second-order valence-corrected chi connectivity index (χ2v) is 4.10. The van der Waals surface area contributed by atoms with E-state index in [0.29, 0.717) is 0 Å². The molecule has 10 heteroatoms. The van der Waals surface area contributed by atoms with Crippen LogP contribution < -0.4 is 22.3 Å². The Balaban J connectivity index is 2.23. The van der Waals surface area contributed by atoms with Gasteiger partial charge in [-0.15, -0.1) is 0 Å². The van der Waals surface area contributed by atoms with Crippen molar-refractivity contribution in [2.24, 2.45) is 0 Å². The number of aliphatic hydroxyl groups excluding tert-OH is 3. The van der Waals surface area contributed by atoms with Gasteiger partial charge in [0.1, 0.15) is 29.8 Å². The first kappa shape index (κ1) is 13.5. The summed E-state index contributed by atoms with van der Waals surface area (Å²) in [5.74, 6) is -0.230. The molecule has 19 heavy (non-hydrogen) atoms. The zero-order valence-electron chi connectivity index (χ0n) is 9.66. The van der Waals surface area contributed by atoms with Gasteiger partial charge in [0.2, 0.25) is 0 Å². The highest BCUT2D eigenvalue weighted by Crippen LogP contribution is 2.22. The fraction of sp³-hybridized carbons (Fsp3) is 0.556. The number of nitrogens with two attached hydrogens (primary N) is 1. The number of H-pyrrole nitrogens is 2. The third kappa shape index (κ3) is 2.46. The van der Waals surface area contributed by atoms with Gasteiger partial charge in [0.05, 0.1) is 6.61 Å². The first-order chi connectivity index (χ1) is 8.93. The van der Waals surface area contributed by atoms with E-state index in [4.69, 9.17) is 15.6 Å². The van der Waals surface area contributed by atoms with E-state index in [9.17, 15) is 19.8 Å². The Kier molecular flexibility index (Phi) is 3.57. The van der Waals surface area contributed by atoms with Gasteiger partial charge < -0.3 is 31.1 Å². The minimum absolute atomic E-state index is 0.200. The summed E-state index contributed by atoms with van der Waals surface area (Å²) in [4.78, 5) is 26.6. The third-order valence-electron chi connectivity index (χ3n) is 2.80. The monoisotopic (exact) mass is 274 g/mol. The van der Waals surface area contributed by atoms with Gasteiger partial charge >= 0.3 is 5.69 Å². The third-order valence-corrected chi connectivity index (χ3v) is 2.80. The van der Waals surface area contributed by atoms with E-state index >= 15 is 0 Å². The molecule has 2 heterocycles. The summed E-state index contributed by atoms with van der Waals surface area (Å²) < 4.78 is 5.12. The molecule has 1 aromatic rings. The van der Waals surface area contributed by atoms with Gasteiger partial charge in [-0.3, -0.25) is 14.8 Å². The molecule has 1 saturated heterocycles. The van der Waals surface area contributed by atoms with E-state index in [0.717, 1.165) is 0 Å². The number of anilines is 2. The van der Waals surface area contributed by atoms with Gasteiger partial charge in [0, 0.05) is 0 Å². The summed E-state index contributed by atoms with van der Waals surface area (Å²) >= 11 is 0. The molecule has 0 spiro atoms. The van der Waals surface area contributed by atoms with Crippen LogP contribution >= 0.6 is 0 Å². The Hall–Kier alpha value is -1.88. The molecule has 1 aliphatic heterocycles. The molecule has 0 saturated carbocycles. The van der Waals surface area contributed by atoms with E-state index in [2.05, 4.69) is 10.3 Å². The molecule has 1 fully saturated rings. The van der Waals surface area contributed by atoms with Gasteiger partial charge in [-0.2, -0.15) is 0 Å². The van der Waals surface area contributed by atoms with Crippen LogP contribution in [0.3, 0.4) is 0 Å². The summed E-state index contributed by atoms with van der Waals surface area (Å²) in [6.07, 6.45) is -4.77. The van der Waals surface area contributed by atoms with Crippen molar-refractivity contribution in [2.45, 2.75) is 24.5 Å². The molecule has 0 bridgehead atoms. The van der Waals surface area contributed by atoms with E-state index in [1.165, 1.54) is 0 Å². The Bertz CT molecular complexity index is 569. The topological polar surface area (TPSA) is 174 Å². The molecule has 0 amide bonds. The zero-order chi connectivity index (χ0) is 14.2. The number of rotatable bonds is 3. The van der Waals surface area contributed by atoms with Gasteiger partial charge in [0.15, 0.2) is 6.23 Å². The minimum Gasteiger partial charge on any atom is -0.394 e. The van der Waals surface area contributed by atoms with Crippen LogP contribution in [0.15, 0.2) is 9.59 Å². The highest BCUT2D eigenvalue weighted by Gasteiger charge is 2.42. The lowest BCUT2D eigenvalue weighted by molar-refractivity contribution is -0.0153. The van der Waals surface area contributed by atoms with E-state index in [-0.39, 0.29) is 11.5 Å². The summed E-state index contributed by atoms with van der Waals surface area (Å²) in [7, 11) is 0. The molecule has 2 rings (SSSR count). The zero-order valence-corrected chi connectivity index (χ0v) is 9.66. The molecule has 0 aliphatic carbocycles. The second-order valence-electron chi connectivity index (χ2n) is 4.10. The van der Waals surface area contributed by atoms with Gasteiger partial charge in [-0.25, -0.2) is 4.79 Å². The molecule has 4 atom stereocenters. The van der Waals surface area contributed by atoms with Crippen LogP contribution in [0.25, 0.3) is 0 Å². The van der Waals surface area contributed by atoms with Gasteiger partial charge in [-0.1, -0.05) is 0 Å². The number of aromatic amines is 2. The van der Waals surface area contributed by atoms with Crippen LogP contribution in [0, 0.1) is 0 Å². The molecule has 0 aromatic carbocycles. The van der Waals surface area contributed by atoms with Crippen LogP contribution in [0.2, 0.25) is 0 Å². The van der Waals surface area contributed by atoms with Gasteiger partial charge in [0.25, 0.3) is 5.56 Å². The first-order valence-electron chi connectivity index (χ1n) is 5.45. The Morgan fingerprint density at radius 3 is 2.47 bits per heavy atom. The number of nitrogens with one attached hydrogen (secondary N) is 3. The van der Waals surface area contributed by atoms with Crippen molar-refractivity contribution >= 4 is 11.5 Å². The average Bonchev–Trinajstić information content (AvgIpc) is 2.61. The van der Waals surface area contributed by atoms with Crippen molar-refractivity contribution in [1.82, 2.24) is 9.97 Å². The van der Waals surface area contributed by atoms with E-state index in [1.54, 1.807) is 0 Å². The standard InChI is InChI=1S/C9H14N4O6/c10-6-3(7(17)13-9(18)12-6)11-8-5(16)4(15)2(1-14)19-8/h2,4-5,8,11,14-16H,1H2,(H4,10,12,13,17,18). The maximum absolute atomic E-state index is 11.5. The molecule has 4 unspecified atom stereocenters. The molecular formula is C9H14N4O6. The lowest BCUT2D eigenvalue weighted by atomic mass is 10.1. The number of hydrogen-bond donors (Lipinski definition) is 7. The van der Waals surface area contributed by atoms with Crippen LogP contribution in [-0.4, -0.2) is 56.4 Å². The maximum Gasteiger partial charge on any atom is 0.327 e. The average molecular weight is 274 g/mol. The number of hydrogen-bond acceptors (Lipinski definition) is 8. The normalized spacial score (nSPS) is 30.5. The fourth-order valence-corrected chi connectivity index (χ4v) is 1.81. The summed E-state index contributed by atoms with van der Waals surface area (Å²) in [5, 5.41) is 30.6. The Morgan fingerprint density at radius 1 is 1.26 bits per heavy atom. The largest absolute Gasteiger partial charge is 0.394 e. The molecule has 8 N–H and O–H groups in total. The maximum atomic E-state index is 11.5. The molecule has 0 radical (unpaired) electrons.